The summed E-state index contributed by atoms with van der Waals surface area (Å²) in [6.45, 7) is 13.1. The number of hydrogen-bond acceptors (Lipinski definition) is 5. The van der Waals surface area contributed by atoms with Gasteiger partial charge in [-0.2, -0.15) is 0 Å². The Kier molecular flexibility index (Phi) is 5.64. The van der Waals surface area contributed by atoms with Crippen LogP contribution in [-0.4, -0.2) is 24.4 Å². The maximum absolute atomic E-state index is 13.2. The third-order valence-electron chi connectivity index (χ3n) is 5.47. The van der Waals surface area contributed by atoms with Crippen molar-refractivity contribution in [2.24, 2.45) is 5.41 Å². The van der Waals surface area contributed by atoms with Crippen molar-refractivity contribution in [1.29, 1.82) is 0 Å². The fraction of sp³-hybridized carbons (Fsp3) is 0.478. The Balaban J connectivity index is 2.18. The van der Waals surface area contributed by atoms with Crippen molar-refractivity contribution in [3.05, 3.63) is 58.8 Å². The average molecular weight is 382 g/mol. The molecule has 0 bridgehead atoms. The number of nitrogens with one attached hydrogen (secondary N) is 2. The molecule has 28 heavy (non-hydrogen) atoms. The van der Waals surface area contributed by atoms with Crippen LogP contribution in [-0.2, 0) is 9.53 Å². The summed E-state index contributed by atoms with van der Waals surface area (Å²) in [5, 5.41) is 6.62. The fourth-order valence-corrected chi connectivity index (χ4v) is 4.27. The smallest absolute Gasteiger partial charge is 0.162 e. The second-order valence-electron chi connectivity index (χ2n) is 8.22. The van der Waals surface area contributed by atoms with Crippen molar-refractivity contribution in [3.8, 4) is 0 Å². The molecule has 1 unspecified atom stereocenters. The number of rotatable bonds is 6. The largest absolute Gasteiger partial charge is 0.494 e. The highest BCUT2D eigenvalue weighted by Gasteiger charge is 2.42. The van der Waals surface area contributed by atoms with Crippen molar-refractivity contribution < 1.29 is 9.53 Å². The Labute approximate surface area is 168 Å². The van der Waals surface area contributed by atoms with E-state index in [1.165, 1.54) is 0 Å². The van der Waals surface area contributed by atoms with Crippen LogP contribution in [0.25, 0.3) is 0 Å². The van der Waals surface area contributed by atoms with Crippen LogP contribution in [0.3, 0.4) is 0 Å². The van der Waals surface area contributed by atoms with Crippen molar-refractivity contribution in [2.45, 2.75) is 52.9 Å². The number of carbonyl (C=O) groups is 1. The molecule has 2 aliphatic rings. The number of carbonyl (C=O) groups excluding carboxylic acids is 1. The van der Waals surface area contributed by atoms with Crippen LogP contribution < -0.4 is 10.6 Å². The molecule has 1 aromatic heterocycles. The van der Waals surface area contributed by atoms with Crippen LogP contribution in [0.1, 0.15) is 58.4 Å². The summed E-state index contributed by atoms with van der Waals surface area (Å²) in [4.78, 5) is 17.7. The number of dihydropyridines is 1. The van der Waals surface area contributed by atoms with Gasteiger partial charge in [0.1, 0.15) is 11.6 Å². The normalized spacial score (nSPS) is 21.2. The molecular formula is C23H31N3O2. The van der Waals surface area contributed by atoms with Crippen LogP contribution in [0.4, 0.5) is 5.82 Å². The standard InChI is InChI=1S/C23H31N3O2/c1-7-16-20(14(3)28-8-2)21(15-9-10-19(24-6)25-13-15)22-17(26-16)11-23(4,5)12-18(22)27/h9-10,13,21,26H,3,7-8,11-12H2,1-2,4-6H3,(H,24,25). The lowest BCUT2D eigenvalue weighted by Gasteiger charge is -2.40. The van der Waals surface area contributed by atoms with Gasteiger partial charge >= 0.3 is 0 Å². The maximum Gasteiger partial charge on any atom is 0.162 e. The third kappa shape index (κ3) is 3.71. The first-order chi connectivity index (χ1) is 13.3. The zero-order valence-corrected chi connectivity index (χ0v) is 17.6. The van der Waals surface area contributed by atoms with Gasteiger partial charge in [-0.3, -0.25) is 4.79 Å². The van der Waals surface area contributed by atoms with E-state index >= 15 is 0 Å². The lowest BCUT2D eigenvalue weighted by molar-refractivity contribution is -0.118. The van der Waals surface area contributed by atoms with E-state index in [0.29, 0.717) is 18.8 Å². The first kappa shape index (κ1) is 20.2. The van der Waals surface area contributed by atoms with Crippen molar-refractivity contribution in [3.63, 3.8) is 0 Å². The van der Waals surface area contributed by atoms with Crippen LogP contribution >= 0.6 is 0 Å². The molecule has 1 aliphatic heterocycles. The minimum absolute atomic E-state index is 0.0466. The molecule has 0 saturated carbocycles. The number of aromatic nitrogens is 1. The quantitative estimate of drug-likeness (QED) is 0.701. The summed E-state index contributed by atoms with van der Waals surface area (Å²) in [6.07, 6.45) is 4.06. The highest BCUT2D eigenvalue weighted by atomic mass is 16.5. The SMILES string of the molecule is C=C(OCC)C1=C(CC)NC2=C(C(=O)CC(C)(C)C2)C1c1ccc(NC)nc1. The van der Waals surface area contributed by atoms with Crippen molar-refractivity contribution in [2.75, 3.05) is 19.0 Å². The Morgan fingerprint density at radius 1 is 1.36 bits per heavy atom. The molecule has 150 valence electrons. The second-order valence-corrected chi connectivity index (χ2v) is 8.22. The molecule has 3 rings (SSSR count). The molecule has 5 heteroatoms. The van der Waals surface area contributed by atoms with E-state index in [1.54, 1.807) is 0 Å². The monoisotopic (exact) mass is 381 g/mol. The lowest BCUT2D eigenvalue weighted by atomic mass is 9.68. The fourth-order valence-electron chi connectivity index (χ4n) is 4.27. The Bertz CT molecular complexity index is 847. The van der Waals surface area contributed by atoms with Crippen LogP contribution in [0.2, 0.25) is 0 Å². The number of pyridine rings is 1. The van der Waals surface area contributed by atoms with Crippen LogP contribution in [0.15, 0.2) is 53.2 Å². The summed E-state index contributed by atoms with van der Waals surface area (Å²) >= 11 is 0. The lowest BCUT2D eigenvalue weighted by Crippen LogP contribution is -2.38. The summed E-state index contributed by atoms with van der Waals surface area (Å²) in [5.74, 6) is 1.41. The van der Waals surface area contributed by atoms with Gasteiger partial charge in [-0.05, 0) is 36.8 Å². The molecule has 0 radical (unpaired) electrons. The Morgan fingerprint density at radius 3 is 2.68 bits per heavy atom. The van der Waals surface area contributed by atoms with Crippen LogP contribution in [0, 0.1) is 5.41 Å². The van der Waals surface area contributed by atoms with Crippen LogP contribution in [0.5, 0.6) is 0 Å². The first-order valence-electron chi connectivity index (χ1n) is 10.0. The average Bonchev–Trinajstić information content (AvgIpc) is 2.65. The van der Waals surface area contributed by atoms with Gasteiger partial charge in [0.25, 0.3) is 0 Å². The van der Waals surface area contributed by atoms with Gasteiger partial charge in [-0.15, -0.1) is 0 Å². The molecule has 0 spiro atoms. The molecule has 0 amide bonds. The molecule has 2 heterocycles. The molecule has 1 aliphatic carbocycles. The minimum Gasteiger partial charge on any atom is -0.494 e. The van der Waals surface area contributed by atoms with Gasteiger partial charge < -0.3 is 15.4 Å². The van der Waals surface area contributed by atoms with Crippen molar-refractivity contribution in [1.82, 2.24) is 10.3 Å². The van der Waals surface area contributed by atoms with E-state index < -0.39 is 0 Å². The Hall–Kier alpha value is -2.56. The number of anilines is 1. The molecule has 0 saturated heterocycles. The van der Waals surface area contributed by atoms with E-state index in [4.69, 9.17) is 4.74 Å². The molecule has 1 atom stereocenters. The summed E-state index contributed by atoms with van der Waals surface area (Å²) < 4.78 is 5.81. The zero-order valence-electron chi connectivity index (χ0n) is 17.6. The maximum atomic E-state index is 13.2. The van der Waals surface area contributed by atoms with Gasteiger partial charge in [0.15, 0.2) is 5.78 Å². The summed E-state index contributed by atoms with van der Waals surface area (Å²) in [5.41, 5.74) is 4.86. The molecule has 5 nitrogen and oxygen atoms in total. The zero-order chi connectivity index (χ0) is 20.5. The molecular weight excluding hydrogens is 350 g/mol. The number of ether oxygens (including phenoxy) is 1. The van der Waals surface area contributed by atoms with Gasteiger partial charge in [0, 0.05) is 48.1 Å². The number of nitrogens with zero attached hydrogens (tertiary/aromatic N) is 1. The Morgan fingerprint density at radius 2 is 2.11 bits per heavy atom. The van der Waals surface area contributed by atoms with Crippen molar-refractivity contribution >= 4 is 11.6 Å². The first-order valence-corrected chi connectivity index (χ1v) is 10.0. The third-order valence-corrected chi connectivity index (χ3v) is 5.47. The topological polar surface area (TPSA) is 63.2 Å². The van der Waals surface area contributed by atoms with E-state index in [2.05, 4.69) is 43.0 Å². The highest BCUT2D eigenvalue weighted by Crippen LogP contribution is 2.48. The second kappa shape index (κ2) is 7.82. The van der Waals surface area contributed by atoms with Gasteiger partial charge in [0.05, 0.1) is 6.61 Å². The van der Waals surface area contributed by atoms with E-state index in [-0.39, 0.29) is 17.1 Å². The summed E-state index contributed by atoms with van der Waals surface area (Å²) in [7, 11) is 1.84. The minimum atomic E-state index is -0.202. The van der Waals surface area contributed by atoms with Gasteiger partial charge in [0.2, 0.25) is 0 Å². The predicted molar refractivity (Wildman–Crippen MR) is 113 cm³/mol. The highest BCUT2D eigenvalue weighted by molar-refractivity contribution is 6.00. The van der Waals surface area contributed by atoms with Gasteiger partial charge in [-0.25, -0.2) is 4.98 Å². The van der Waals surface area contributed by atoms with E-state index in [0.717, 1.165) is 46.8 Å². The number of hydrogen-bond donors (Lipinski definition) is 2. The van der Waals surface area contributed by atoms with Gasteiger partial charge in [-0.1, -0.05) is 33.4 Å². The molecule has 1 aromatic rings. The number of ketones is 1. The predicted octanol–water partition coefficient (Wildman–Crippen LogP) is 4.67. The molecule has 0 fully saturated rings. The van der Waals surface area contributed by atoms with E-state index in [9.17, 15) is 4.79 Å². The van der Waals surface area contributed by atoms with E-state index in [1.807, 2.05) is 32.3 Å². The number of Topliss-reactive ketones (excluding diaryl/α,β-unsaturated/α-hetero) is 1. The number of allylic oxidation sites excluding steroid dienone is 4. The molecule has 2 N–H and O–H groups in total. The summed E-state index contributed by atoms with van der Waals surface area (Å²) in [6, 6.07) is 3.99. The molecule has 0 aromatic carbocycles.